The number of rotatable bonds is 10. The highest BCUT2D eigenvalue weighted by Gasteiger charge is 2.05. The first-order valence-corrected chi connectivity index (χ1v) is 9.96. The Bertz CT molecular complexity index is 702. The van der Waals surface area contributed by atoms with Crippen molar-refractivity contribution < 1.29 is 9.53 Å². The van der Waals surface area contributed by atoms with E-state index in [9.17, 15) is 4.79 Å². The minimum Gasteiger partial charge on any atom is -0.489 e. The van der Waals surface area contributed by atoms with E-state index in [2.05, 4.69) is 17.6 Å². The van der Waals surface area contributed by atoms with E-state index < -0.39 is 0 Å². The normalized spacial score (nSPS) is 10.3. The first kappa shape index (κ1) is 20.9. The van der Waals surface area contributed by atoms with Gasteiger partial charge in [-0.05, 0) is 48.5 Å². The summed E-state index contributed by atoms with van der Waals surface area (Å²) >= 11 is 5.21. The number of nitrogens with one attached hydrogen (secondary N) is 2. The molecule has 2 aromatic carbocycles. The zero-order valence-corrected chi connectivity index (χ0v) is 16.7. The van der Waals surface area contributed by atoms with E-state index >= 15 is 0 Å². The second-order valence-electron chi connectivity index (χ2n) is 6.47. The van der Waals surface area contributed by atoms with Crippen molar-refractivity contribution in [1.82, 2.24) is 5.32 Å². The number of carbonyl (C=O) groups is 1. The largest absolute Gasteiger partial charge is 0.489 e. The topological polar surface area (TPSA) is 50.4 Å². The van der Waals surface area contributed by atoms with Gasteiger partial charge in [0.05, 0.1) is 0 Å². The van der Waals surface area contributed by atoms with Crippen molar-refractivity contribution in [3.63, 3.8) is 0 Å². The van der Waals surface area contributed by atoms with Gasteiger partial charge in [0.1, 0.15) is 12.4 Å². The summed E-state index contributed by atoms with van der Waals surface area (Å²) in [5.74, 6) is 0.748. The fourth-order valence-corrected chi connectivity index (χ4v) is 2.85. The van der Waals surface area contributed by atoms with Crippen LogP contribution in [0.4, 0.5) is 5.69 Å². The third kappa shape index (κ3) is 8.69. The highest BCUT2D eigenvalue weighted by Crippen LogP contribution is 2.17. The van der Waals surface area contributed by atoms with E-state index in [4.69, 9.17) is 17.0 Å². The van der Waals surface area contributed by atoms with Gasteiger partial charge < -0.3 is 15.4 Å². The summed E-state index contributed by atoms with van der Waals surface area (Å²) in [5, 5.41) is 6.08. The molecule has 0 saturated heterocycles. The van der Waals surface area contributed by atoms with Gasteiger partial charge in [-0.15, -0.1) is 0 Å². The number of hydrogen-bond acceptors (Lipinski definition) is 3. The van der Waals surface area contributed by atoms with Crippen LogP contribution in [0, 0.1) is 0 Å². The van der Waals surface area contributed by atoms with Gasteiger partial charge in [0, 0.05) is 12.1 Å². The summed E-state index contributed by atoms with van der Waals surface area (Å²) in [6, 6.07) is 17.5. The molecule has 0 radical (unpaired) electrons. The molecule has 2 rings (SSSR count). The quantitative estimate of drug-likeness (QED) is 0.423. The van der Waals surface area contributed by atoms with Crippen LogP contribution in [0.2, 0.25) is 0 Å². The molecule has 27 heavy (non-hydrogen) atoms. The van der Waals surface area contributed by atoms with Crippen LogP contribution in [0.5, 0.6) is 5.75 Å². The lowest BCUT2D eigenvalue weighted by Crippen LogP contribution is -2.33. The zero-order valence-electron chi connectivity index (χ0n) is 15.9. The van der Waals surface area contributed by atoms with E-state index in [-0.39, 0.29) is 5.91 Å². The fraction of sp³-hybridized carbons (Fsp3) is 0.364. The van der Waals surface area contributed by atoms with Crippen molar-refractivity contribution in [2.75, 3.05) is 5.32 Å². The van der Waals surface area contributed by atoms with Gasteiger partial charge in [0.2, 0.25) is 5.91 Å². The van der Waals surface area contributed by atoms with Crippen LogP contribution in [0.3, 0.4) is 0 Å². The van der Waals surface area contributed by atoms with Crippen LogP contribution in [-0.2, 0) is 11.4 Å². The molecule has 0 unspecified atom stereocenters. The number of ether oxygens (including phenoxy) is 1. The smallest absolute Gasteiger partial charge is 0.226 e. The van der Waals surface area contributed by atoms with Crippen LogP contribution in [0.15, 0.2) is 54.6 Å². The summed E-state index contributed by atoms with van der Waals surface area (Å²) in [6.07, 6.45) is 6.12. The Balaban J connectivity index is 1.68. The molecule has 0 heterocycles. The third-order valence-electron chi connectivity index (χ3n) is 4.12. The SMILES string of the molecule is CCCCCCCC(=O)NC(=S)Nc1ccc(OCc2ccccc2)cc1. The van der Waals surface area contributed by atoms with E-state index in [1.165, 1.54) is 19.3 Å². The number of benzene rings is 2. The Morgan fingerprint density at radius 3 is 2.37 bits per heavy atom. The molecule has 0 bridgehead atoms. The summed E-state index contributed by atoms with van der Waals surface area (Å²) in [6.45, 7) is 2.71. The molecule has 0 aliphatic rings. The van der Waals surface area contributed by atoms with Crippen molar-refractivity contribution in [2.45, 2.75) is 52.1 Å². The minimum atomic E-state index is -0.0354. The minimum absolute atomic E-state index is 0.0354. The van der Waals surface area contributed by atoms with Crippen LogP contribution >= 0.6 is 12.2 Å². The number of hydrogen-bond donors (Lipinski definition) is 2. The Morgan fingerprint density at radius 2 is 1.67 bits per heavy atom. The first-order valence-electron chi connectivity index (χ1n) is 9.55. The molecular weight excluding hydrogens is 356 g/mol. The van der Waals surface area contributed by atoms with Crippen molar-refractivity contribution in [1.29, 1.82) is 0 Å². The van der Waals surface area contributed by atoms with Crippen LogP contribution < -0.4 is 15.4 Å². The van der Waals surface area contributed by atoms with Gasteiger partial charge in [-0.25, -0.2) is 0 Å². The van der Waals surface area contributed by atoms with Crippen LogP contribution in [0.1, 0.15) is 51.0 Å². The average Bonchev–Trinajstić information content (AvgIpc) is 2.68. The highest BCUT2D eigenvalue weighted by molar-refractivity contribution is 7.80. The molecular formula is C22H28N2O2S. The maximum atomic E-state index is 11.9. The Labute approximate surface area is 167 Å². The monoisotopic (exact) mass is 384 g/mol. The fourth-order valence-electron chi connectivity index (χ4n) is 2.62. The van der Waals surface area contributed by atoms with E-state index in [0.29, 0.717) is 18.1 Å². The molecule has 0 saturated carbocycles. The average molecular weight is 385 g/mol. The number of carbonyl (C=O) groups excluding carboxylic acids is 1. The number of unbranched alkanes of at least 4 members (excludes halogenated alkanes) is 4. The predicted octanol–water partition coefficient (Wildman–Crippen LogP) is 5.44. The van der Waals surface area contributed by atoms with Gasteiger partial charge >= 0.3 is 0 Å². The molecule has 0 aromatic heterocycles. The Morgan fingerprint density at radius 1 is 0.963 bits per heavy atom. The maximum absolute atomic E-state index is 11.9. The molecule has 4 nitrogen and oxygen atoms in total. The van der Waals surface area contributed by atoms with Crippen molar-refractivity contribution in [2.24, 2.45) is 0 Å². The first-order chi connectivity index (χ1) is 13.2. The number of anilines is 1. The van der Waals surface area contributed by atoms with Gasteiger partial charge in [-0.3, -0.25) is 4.79 Å². The second-order valence-corrected chi connectivity index (χ2v) is 6.87. The molecule has 0 atom stereocenters. The van der Waals surface area contributed by atoms with Gasteiger partial charge in [0.25, 0.3) is 0 Å². The molecule has 0 aliphatic carbocycles. The Kier molecular flexibility index (Phi) is 9.35. The van der Waals surface area contributed by atoms with E-state index in [1.54, 1.807) is 0 Å². The van der Waals surface area contributed by atoms with E-state index in [0.717, 1.165) is 29.8 Å². The summed E-state index contributed by atoms with van der Waals surface area (Å²) < 4.78 is 5.76. The zero-order chi connectivity index (χ0) is 19.3. The molecule has 5 heteroatoms. The lowest BCUT2D eigenvalue weighted by atomic mass is 10.1. The maximum Gasteiger partial charge on any atom is 0.226 e. The highest BCUT2D eigenvalue weighted by atomic mass is 32.1. The van der Waals surface area contributed by atoms with Crippen molar-refractivity contribution >= 4 is 28.9 Å². The van der Waals surface area contributed by atoms with Gasteiger partial charge in [-0.1, -0.05) is 62.9 Å². The number of thiocarbonyl (C=S) groups is 1. The van der Waals surface area contributed by atoms with Crippen LogP contribution in [0.25, 0.3) is 0 Å². The van der Waals surface area contributed by atoms with Gasteiger partial charge in [-0.2, -0.15) is 0 Å². The van der Waals surface area contributed by atoms with Crippen molar-refractivity contribution in [3.8, 4) is 5.75 Å². The molecule has 144 valence electrons. The molecule has 2 aromatic rings. The van der Waals surface area contributed by atoms with E-state index in [1.807, 2.05) is 54.6 Å². The molecule has 0 spiro atoms. The molecule has 0 fully saturated rings. The number of amides is 1. The lowest BCUT2D eigenvalue weighted by Gasteiger charge is -2.11. The summed E-state index contributed by atoms with van der Waals surface area (Å²) in [5.41, 5.74) is 1.94. The van der Waals surface area contributed by atoms with Gasteiger partial charge in [0.15, 0.2) is 5.11 Å². The van der Waals surface area contributed by atoms with Crippen LogP contribution in [-0.4, -0.2) is 11.0 Å². The molecule has 1 amide bonds. The summed E-state index contributed by atoms with van der Waals surface area (Å²) in [4.78, 5) is 11.9. The third-order valence-corrected chi connectivity index (χ3v) is 4.32. The lowest BCUT2D eigenvalue weighted by molar-refractivity contribution is -0.119. The second kappa shape index (κ2) is 12.1. The Hall–Kier alpha value is -2.40. The van der Waals surface area contributed by atoms with Crippen molar-refractivity contribution in [3.05, 3.63) is 60.2 Å². The molecule has 2 N–H and O–H groups in total. The standard InChI is InChI=1S/C22H28N2O2S/c1-2-3-4-5-9-12-21(25)24-22(27)23-19-13-15-20(16-14-19)26-17-18-10-7-6-8-11-18/h6-8,10-11,13-16H,2-5,9,12,17H2,1H3,(H2,23,24,25,27). The predicted molar refractivity (Wildman–Crippen MR) is 115 cm³/mol. The molecule has 0 aliphatic heterocycles. The summed E-state index contributed by atoms with van der Waals surface area (Å²) in [7, 11) is 0.